The first-order valence-corrected chi connectivity index (χ1v) is 16.3. The molecule has 5 rings (SSSR count). The number of hydrogen-bond donors (Lipinski definition) is 0. The van der Waals surface area contributed by atoms with Crippen LogP contribution in [0, 0.1) is 6.92 Å². The Bertz CT molecular complexity index is 2040. The van der Waals surface area contributed by atoms with E-state index in [0.717, 1.165) is 5.56 Å². The van der Waals surface area contributed by atoms with E-state index < -0.39 is 0 Å². The molecule has 50 heavy (non-hydrogen) atoms. The van der Waals surface area contributed by atoms with Crippen LogP contribution in [0.1, 0.15) is 17.8 Å². The molecule has 0 aliphatic heterocycles. The van der Waals surface area contributed by atoms with Crippen LogP contribution in [-0.4, -0.2) is 83.2 Å². The van der Waals surface area contributed by atoms with Crippen molar-refractivity contribution in [2.24, 2.45) is 5.10 Å². The Kier molecular flexibility index (Phi) is 11.6. The van der Waals surface area contributed by atoms with Crippen LogP contribution in [0.5, 0.6) is 46.0 Å². The third-order valence-electron chi connectivity index (χ3n) is 7.53. The molecule has 264 valence electrons. The molecule has 0 aliphatic carbocycles. The van der Waals surface area contributed by atoms with Crippen molar-refractivity contribution in [3.8, 4) is 57.3 Å². The van der Waals surface area contributed by atoms with Crippen molar-refractivity contribution in [2.75, 3.05) is 62.1 Å². The van der Waals surface area contributed by atoms with Gasteiger partial charge in [0.05, 0.1) is 62.6 Å². The molecule has 0 amide bonds. The van der Waals surface area contributed by atoms with Gasteiger partial charge < -0.3 is 42.3 Å². The van der Waals surface area contributed by atoms with Crippen molar-refractivity contribution < 1.29 is 42.3 Å². The van der Waals surface area contributed by atoms with E-state index >= 15 is 0 Å². The van der Waals surface area contributed by atoms with Crippen LogP contribution in [0.3, 0.4) is 0 Å². The van der Waals surface area contributed by atoms with Gasteiger partial charge in [0, 0.05) is 23.4 Å². The lowest BCUT2D eigenvalue weighted by Gasteiger charge is -2.17. The highest BCUT2D eigenvalue weighted by Gasteiger charge is 2.23. The summed E-state index contributed by atoms with van der Waals surface area (Å²) in [6.45, 7) is 2.12. The van der Waals surface area contributed by atoms with E-state index in [-0.39, 0.29) is 27.9 Å². The Balaban J connectivity index is 1.32. The molecule has 3 aromatic carbocycles. The number of hydrogen-bond acceptors (Lipinski definition) is 14. The summed E-state index contributed by atoms with van der Waals surface area (Å²) in [7, 11) is 10.7. The molecule has 0 fully saturated rings. The Hall–Kier alpha value is -5.57. The average molecular weight is 707 g/mol. The van der Waals surface area contributed by atoms with E-state index in [1.807, 2.05) is 25.1 Å². The van der Waals surface area contributed by atoms with Crippen LogP contribution < -0.4 is 43.3 Å². The highest BCUT2D eigenvalue weighted by molar-refractivity contribution is 7.99. The highest BCUT2D eigenvalue weighted by atomic mass is 32.2. The third-order valence-corrected chi connectivity index (χ3v) is 8.54. The van der Waals surface area contributed by atoms with Crippen molar-refractivity contribution in [2.45, 2.75) is 18.5 Å². The Morgan fingerprint density at radius 3 is 2.06 bits per heavy atom. The molecule has 2 aromatic heterocycles. The molecular weight excluding hydrogens is 668 g/mol. The van der Waals surface area contributed by atoms with Crippen LogP contribution in [0.4, 0.5) is 0 Å². The number of fused-ring (bicyclic) bond motifs is 1. The van der Waals surface area contributed by atoms with Crippen molar-refractivity contribution in [3.63, 3.8) is 0 Å². The zero-order valence-corrected chi connectivity index (χ0v) is 29.8. The third kappa shape index (κ3) is 7.37. The molecular formula is C35H38N4O10S. The normalized spacial score (nSPS) is 11.1. The van der Waals surface area contributed by atoms with Crippen LogP contribution in [-0.2, 0) is 0 Å². The van der Waals surface area contributed by atoms with Gasteiger partial charge in [0.1, 0.15) is 16.7 Å². The van der Waals surface area contributed by atoms with E-state index in [1.165, 1.54) is 53.4 Å². The number of ether oxygens (including phenoxy) is 8. The maximum absolute atomic E-state index is 13.5. The first-order valence-electron chi connectivity index (χ1n) is 15.3. The molecule has 0 bridgehead atoms. The topological polar surface area (TPSA) is 147 Å². The fraction of sp³-hybridized carbons (Fsp3) is 0.314. The van der Waals surface area contributed by atoms with Gasteiger partial charge in [-0.3, -0.25) is 4.79 Å². The first kappa shape index (κ1) is 35.7. The number of thioether (sulfide) groups is 1. The summed E-state index contributed by atoms with van der Waals surface area (Å²) in [5.41, 5.74) is 1.29. The van der Waals surface area contributed by atoms with Gasteiger partial charge in [0.25, 0.3) is 0 Å². The van der Waals surface area contributed by atoms with Crippen molar-refractivity contribution in [3.05, 3.63) is 64.1 Å². The van der Waals surface area contributed by atoms with E-state index in [9.17, 15) is 4.79 Å². The summed E-state index contributed by atoms with van der Waals surface area (Å²) >= 11 is 1.48. The van der Waals surface area contributed by atoms with Crippen LogP contribution in [0.2, 0.25) is 0 Å². The molecule has 0 unspecified atom stereocenters. The van der Waals surface area contributed by atoms with Gasteiger partial charge >= 0.3 is 0 Å². The minimum Gasteiger partial charge on any atom is -0.493 e. The van der Waals surface area contributed by atoms with Crippen LogP contribution >= 0.6 is 11.8 Å². The number of benzene rings is 3. The number of aryl methyl sites for hydroxylation is 1. The Labute approximate surface area is 292 Å². The van der Waals surface area contributed by atoms with E-state index in [1.54, 1.807) is 43.3 Å². The zero-order valence-electron chi connectivity index (χ0n) is 29.0. The van der Waals surface area contributed by atoms with Gasteiger partial charge in [-0.1, -0.05) is 11.8 Å². The average Bonchev–Trinajstić information content (AvgIpc) is 3.50. The standard InChI is InChI=1S/C35H38N4O10S/c1-20-37-38-35(39(20)36-19-21-10-11-24(41-2)26(14-21)42-3)50-13-9-12-48-33-30(45-6)18-27-31(34(33)47-8)23(40)17-25(49-27)22-15-28(43-4)32(46-7)29(16-22)44-5/h10-11,14-19H,9,12-13H2,1-8H3. The number of aromatic nitrogens is 3. The van der Waals surface area contributed by atoms with E-state index in [2.05, 4.69) is 15.3 Å². The Morgan fingerprint density at radius 2 is 1.42 bits per heavy atom. The summed E-state index contributed by atoms with van der Waals surface area (Å²) in [6.07, 6.45) is 2.32. The van der Waals surface area contributed by atoms with Crippen molar-refractivity contribution in [1.29, 1.82) is 0 Å². The molecule has 0 N–H and O–H groups in total. The maximum atomic E-state index is 13.5. The van der Waals surface area contributed by atoms with Crippen LogP contribution in [0.25, 0.3) is 22.3 Å². The summed E-state index contributed by atoms with van der Waals surface area (Å²) < 4.78 is 52.4. The fourth-order valence-electron chi connectivity index (χ4n) is 5.11. The lowest BCUT2D eigenvalue weighted by Crippen LogP contribution is -2.07. The lowest BCUT2D eigenvalue weighted by atomic mass is 10.1. The summed E-state index contributed by atoms with van der Waals surface area (Å²) in [4.78, 5) is 13.5. The van der Waals surface area contributed by atoms with Gasteiger partial charge in [0.2, 0.25) is 16.7 Å². The zero-order chi connectivity index (χ0) is 35.8. The lowest BCUT2D eigenvalue weighted by molar-refractivity contribution is 0.277. The Morgan fingerprint density at radius 1 is 0.760 bits per heavy atom. The van der Waals surface area contributed by atoms with E-state index in [4.69, 9.17) is 42.3 Å². The van der Waals surface area contributed by atoms with Gasteiger partial charge in [-0.15, -0.1) is 10.2 Å². The van der Waals surface area contributed by atoms with Crippen molar-refractivity contribution in [1.82, 2.24) is 14.9 Å². The summed E-state index contributed by atoms with van der Waals surface area (Å²) in [5, 5.41) is 13.9. The molecule has 5 aromatic rings. The second-order valence-electron chi connectivity index (χ2n) is 10.5. The largest absolute Gasteiger partial charge is 0.493 e. The molecule has 0 aliphatic rings. The molecule has 0 spiro atoms. The molecule has 0 radical (unpaired) electrons. The number of rotatable bonds is 16. The minimum atomic E-state index is -0.335. The van der Waals surface area contributed by atoms with Crippen LogP contribution in [0.15, 0.2) is 61.9 Å². The second-order valence-corrected chi connectivity index (χ2v) is 11.5. The number of nitrogens with zero attached hydrogens (tertiary/aromatic N) is 4. The maximum Gasteiger partial charge on any atom is 0.212 e. The van der Waals surface area contributed by atoms with Gasteiger partial charge in [0.15, 0.2) is 45.8 Å². The highest BCUT2D eigenvalue weighted by Crippen LogP contribution is 2.45. The van der Waals surface area contributed by atoms with Crippen molar-refractivity contribution >= 4 is 28.9 Å². The molecule has 0 saturated carbocycles. The second kappa shape index (κ2) is 16.2. The quantitative estimate of drug-likeness (QED) is 0.0686. The fourth-order valence-corrected chi connectivity index (χ4v) is 5.96. The monoisotopic (exact) mass is 706 g/mol. The predicted molar refractivity (Wildman–Crippen MR) is 189 cm³/mol. The molecule has 0 atom stereocenters. The minimum absolute atomic E-state index is 0.206. The van der Waals surface area contributed by atoms with E-state index in [0.29, 0.717) is 75.6 Å². The van der Waals surface area contributed by atoms with Gasteiger partial charge in [-0.2, -0.15) is 9.78 Å². The smallest absolute Gasteiger partial charge is 0.212 e. The first-order chi connectivity index (χ1) is 24.3. The molecule has 14 nitrogen and oxygen atoms in total. The molecule has 2 heterocycles. The number of methoxy groups -OCH3 is 7. The molecule has 15 heteroatoms. The molecule has 0 saturated heterocycles. The SMILES string of the molecule is COc1ccc(C=Nn2c(C)nnc2SCCCOc2c(OC)cc3oc(-c4cc(OC)c(OC)c(OC)c4)cc(=O)c3c2OC)cc1OC. The van der Waals surface area contributed by atoms with Gasteiger partial charge in [-0.05, 0) is 49.2 Å². The summed E-state index contributed by atoms with van der Waals surface area (Å²) in [6, 6.07) is 11.9. The predicted octanol–water partition coefficient (Wildman–Crippen LogP) is 5.86. The summed E-state index contributed by atoms with van der Waals surface area (Å²) in [5.74, 6) is 4.89. The van der Waals surface area contributed by atoms with Gasteiger partial charge in [-0.25, -0.2) is 0 Å².